The molecular weight excluding hydrogens is 223 g/mol. The second-order valence-corrected chi connectivity index (χ2v) is 5.80. The van der Waals surface area contributed by atoms with Crippen LogP contribution in [0.1, 0.15) is 91.9 Å². The van der Waals surface area contributed by atoms with Crippen molar-refractivity contribution >= 4 is 0 Å². The second kappa shape index (κ2) is 12.0. The van der Waals surface area contributed by atoms with Crippen LogP contribution in [0.2, 0.25) is 0 Å². The van der Waals surface area contributed by atoms with Gasteiger partial charge in [0.15, 0.2) is 0 Å². The molecule has 0 aromatic rings. The Kier molecular flexibility index (Phi) is 11.9. The maximum Gasteiger partial charge on any atom is 0.103 e. The number of hydrogen-bond acceptors (Lipinski definition) is 0. The maximum atomic E-state index is 14.4. The van der Waals surface area contributed by atoms with Crippen molar-refractivity contribution in [3.05, 3.63) is 0 Å². The Morgan fingerprint density at radius 2 is 1.22 bits per heavy atom. The molecule has 0 aliphatic rings. The molecule has 0 N–H and O–H groups in total. The van der Waals surface area contributed by atoms with E-state index in [2.05, 4.69) is 27.7 Å². The molecule has 110 valence electrons. The zero-order valence-electron chi connectivity index (χ0n) is 13.2. The minimum Gasteiger partial charge on any atom is -0.247 e. The van der Waals surface area contributed by atoms with E-state index in [1.807, 2.05) is 0 Å². The highest BCUT2D eigenvalue weighted by Crippen LogP contribution is 2.33. The van der Waals surface area contributed by atoms with Crippen LogP contribution >= 0.6 is 0 Å². The third-order valence-electron chi connectivity index (χ3n) is 4.11. The van der Waals surface area contributed by atoms with Gasteiger partial charge >= 0.3 is 0 Å². The van der Waals surface area contributed by atoms with E-state index in [0.29, 0.717) is 11.8 Å². The molecule has 0 rings (SSSR count). The number of unbranched alkanes of at least 4 members (excludes halogenated alkanes) is 2. The van der Waals surface area contributed by atoms with Gasteiger partial charge in [-0.25, -0.2) is 4.39 Å². The van der Waals surface area contributed by atoms with Crippen molar-refractivity contribution in [1.82, 2.24) is 0 Å². The zero-order valence-corrected chi connectivity index (χ0v) is 13.2. The summed E-state index contributed by atoms with van der Waals surface area (Å²) < 4.78 is 14.4. The first-order valence-corrected chi connectivity index (χ1v) is 8.35. The summed E-state index contributed by atoms with van der Waals surface area (Å²) in [6.07, 6.45) is 10.8. The number of rotatable bonds is 12. The third kappa shape index (κ3) is 7.38. The lowest BCUT2D eigenvalue weighted by atomic mass is 9.78. The summed E-state index contributed by atoms with van der Waals surface area (Å²) >= 11 is 0. The Bertz CT molecular complexity index is 167. The minimum atomic E-state index is -0.557. The molecule has 0 saturated heterocycles. The summed E-state index contributed by atoms with van der Waals surface area (Å²) in [5, 5.41) is 0. The molecule has 0 amide bonds. The van der Waals surface area contributed by atoms with Crippen LogP contribution in [0, 0.1) is 11.8 Å². The van der Waals surface area contributed by atoms with Gasteiger partial charge in [0.05, 0.1) is 0 Å². The molecule has 0 aliphatic carbocycles. The van der Waals surface area contributed by atoms with Crippen molar-refractivity contribution in [2.24, 2.45) is 11.8 Å². The van der Waals surface area contributed by atoms with Gasteiger partial charge in [0.1, 0.15) is 6.17 Å². The summed E-state index contributed by atoms with van der Waals surface area (Å²) in [6.45, 7) is 8.83. The van der Waals surface area contributed by atoms with Gasteiger partial charge in [-0.3, -0.25) is 0 Å². The lowest BCUT2D eigenvalue weighted by Gasteiger charge is -2.30. The van der Waals surface area contributed by atoms with Gasteiger partial charge in [-0.15, -0.1) is 0 Å². The molecule has 0 saturated carbocycles. The van der Waals surface area contributed by atoms with Gasteiger partial charge in [-0.2, -0.15) is 0 Å². The smallest absolute Gasteiger partial charge is 0.103 e. The normalized spacial score (nSPS) is 16.5. The molecule has 2 unspecified atom stereocenters. The van der Waals surface area contributed by atoms with E-state index < -0.39 is 6.17 Å². The molecule has 0 fully saturated rings. The lowest BCUT2D eigenvalue weighted by molar-refractivity contribution is 0.127. The van der Waals surface area contributed by atoms with E-state index in [1.54, 1.807) is 0 Å². The van der Waals surface area contributed by atoms with Crippen molar-refractivity contribution in [3.63, 3.8) is 0 Å². The average molecular weight is 258 g/mol. The third-order valence-corrected chi connectivity index (χ3v) is 4.11. The van der Waals surface area contributed by atoms with E-state index >= 15 is 0 Å². The van der Waals surface area contributed by atoms with Gasteiger partial charge in [0.2, 0.25) is 0 Å². The molecule has 0 nitrogen and oxygen atoms in total. The minimum absolute atomic E-state index is 0.327. The van der Waals surface area contributed by atoms with Gasteiger partial charge in [0.25, 0.3) is 0 Å². The highest BCUT2D eigenvalue weighted by atomic mass is 19.1. The van der Waals surface area contributed by atoms with Crippen molar-refractivity contribution in [2.75, 3.05) is 0 Å². The van der Waals surface area contributed by atoms with Crippen LogP contribution in [-0.2, 0) is 0 Å². The van der Waals surface area contributed by atoms with Gasteiger partial charge < -0.3 is 0 Å². The van der Waals surface area contributed by atoms with E-state index in [9.17, 15) is 4.39 Å². The highest BCUT2D eigenvalue weighted by molar-refractivity contribution is 4.77. The predicted molar refractivity (Wildman–Crippen MR) is 80.7 cm³/mol. The van der Waals surface area contributed by atoms with Crippen molar-refractivity contribution in [2.45, 2.75) is 98.1 Å². The van der Waals surface area contributed by atoms with Gasteiger partial charge in [-0.1, -0.05) is 79.1 Å². The molecule has 1 heteroatoms. The van der Waals surface area contributed by atoms with Crippen molar-refractivity contribution in [1.29, 1.82) is 0 Å². The standard InChI is InChI=1S/C17H35F/c1-5-9-13-15(11-7-3)16(12-8-4)17(18)14-10-6-2/h15-17H,5-14H2,1-4H3/t15?,16-,17?/m0/s1. The fourth-order valence-corrected chi connectivity index (χ4v) is 3.07. The van der Waals surface area contributed by atoms with Crippen LogP contribution in [0.3, 0.4) is 0 Å². The van der Waals surface area contributed by atoms with E-state index in [1.165, 1.54) is 32.1 Å². The molecule has 0 radical (unpaired) electrons. The van der Waals surface area contributed by atoms with Crippen LogP contribution < -0.4 is 0 Å². The molecule has 18 heavy (non-hydrogen) atoms. The summed E-state index contributed by atoms with van der Waals surface area (Å²) in [5.74, 6) is 0.954. The summed E-state index contributed by atoms with van der Waals surface area (Å²) in [7, 11) is 0. The first-order valence-electron chi connectivity index (χ1n) is 8.35. The molecule has 3 atom stereocenters. The Balaban J connectivity index is 4.44. The van der Waals surface area contributed by atoms with Crippen LogP contribution in [0.15, 0.2) is 0 Å². The number of hydrogen-bond donors (Lipinski definition) is 0. The monoisotopic (exact) mass is 258 g/mol. The number of halogens is 1. The first-order chi connectivity index (χ1) is 8.71. The quantitative estimate of drug-likeness (QED) is 0.373. The summed E-state index contributed by atoms with van der Waals surface area (Å²) in [5.41, 5.74) is 0. The molecule has 0 bridgehead atoms. The molecular formula is C17H35F. The van der Waals surface area contributed by atoms with E-state index in [4.69, 9.17) is 0 Å². The van der Waals surface area contributed by atoms with E-state index in [-0.39, 0.29) is 0 Å². The summed E-state index contributed by atoms with van der Waals surface area (Å²) in [6, 6.07) is 0. The SMILES string of the molecule is CCCCC(F)[C@@H](CCC)C(CCC)CCCC. The Morgan fingerprint density at radius 1 is 0.667 bits per heavy atom. The van der Waals surface area contributed by atoms with Gasteiger partial charge in [-0.05, 0) is 24.7 Å². The first kappa shape index (κ1) is 17.9. The number of alkyl halides is 1. The Morgan fingerprint density at radius 3 is 1.72 bits per heavy atom. The fourth-order valence-electron chi connectivity index (χ4n) is 3.07. The summed E-state index contributed by atoms with van der Waals surface area (Å²) in [4.78, 5) is 0. The Hall–Kier alpha value is -0.0700. The second-order valence-electron chi connectivity index (χ2n) is 5.80. The zero-order chi connectivity index (χ0) is 13.8. The van der Waals surface area contributed by atoms with Crippen molar-refractivity contribution in [3.8, 4) is 0 Å². The molecule has 0 aliphatic heterocycles. The lowest BCUT2D eigenvalue weighted by Crippen LogP contribution is -2.25. The fraction of sp³-hybridized carbons (Fsp3) is 1.00. The van der Waals surface area contributed by atoms with Crippen LogP contribution in [-0.4, -0.2) is 6.17 Å². The largest absolute Gasteiger partial charge is 0.247 e. The molecule has 0 heterocycles. The van der Waals surface area contributed by atoms with Gasteiger partial charge in [0, 0.05) is 0 Å². The molecule has 0 aromatic carbocycles. The molecule has 0 aromatic heterocycles. The van der Waals surface area contributed by atoms with Crippen LogP contribution in [0.5, 0.6) is 0 Å². The van der Waals surface area contributed by atoms with Crippen LogP contribution in [0.4, 0.5) is 4.39 Å². The van der Waals surface area contributed by atoms with E-state index in [0.717, 1.165) is 32.1 Å². The maximum absolute atomic E-state index is 14.4. The van der Waals surface area contributed by atoms with Crippen LogP contribution in [0.25, 0.3) is 0 Å². The average Bonchev–Trinajstić information content (AvgIpc) is 2.38. The predicted octanol–water partition coefficient (Wildman–Crippen LogP) is 6.54. The highest BCUT2D eigenvalue weighted by Gasteiger charge is 2.27. The Labute approximate surface area is 115 Å². The molecule has 0 spiro atoms. The van der Waals surface area contributed by atoms with Crippen molar-refractivity contribution < 1.29 is 4.39 Å². The topological polar surface area (TPSA) is 0 Å².